The van der Waals surface area contributed by atoms with Gasteiger partial charge in [0.05, 0.1) is 5.25 Å². The molecule has 0 spiro atoms. The van der Waals surface area contributed by atoms with Crippen LogP contribution in [0.5, 0.6) is 0 Å². The fourth-order valence-corrected chi connectivity index (χ4v) is 2.56. The van der Waals surface area contributed by atoms with Crippen LogP contribution in [0.3, 0.4) is 0 Å². The Labute approximate surface area is 111 Å². The predicted octanol–water partition coefficient (Wildman–Crippen LogP) is 1.29. The fourth-order valence-electron chi connectivity index (χ4n) is 1.60. The molecule has 2 unspecified atom stereocenters. The van der Waals surface area contributed by atoms with E-state index in [2.05, 4.69) is 5.43 Å². The zero-order valence-electron chi connectivity index (χ0n) is 10.2. The van der Waals surface area contributed by atoms with Crippen molar-refractivity contribution in [3.8, 4) is 0 Å². The van der Waals surface area contributed by atoms with E-state index in [4.69, 9.17) is 17.4 Å². The molecule has 0 amide bonds. The highest BCUT2D eigenvalue weighted by molar-refractivity contribution is 7.91. The SMILES string of the molecule is CC(C(Cc1cc(Cl)ccc1F)NN)S(C)(=O)=O. The Morgan fingerprint density at radius 1 is 1.50 bits per heavy atom. The molecule has 102 valence electrons. The molecule has 1 rings (SSSR count). The van der Waals surface area contributed by atoms with Gasteiger partial charge >= 0.3 is 0 Å². The number of nitrogens with two attached hydrogens (primary N) is 1. The third kappa shape index (κ3) is 3.91. The Hall–Kier alpha value is -0.690. The van der Waals surface area contributed by atoms with E-state index < -0.39 is 26.9 Å². The Balaban J connectivity index is 2.96. The summed E-state index contributed by atoms with van der Waals surface area (Å²) in [4.78, 5) is 0. The van der Waals surface area contributed by atoms with Crippen LogP contribution in [0.1, 0.15) is 12.5 Å². The van der Waals surface area contributed by atoms with Crippen molar-refractivity contribution < 1.29 is 12.8 Å². The first-order chi connectivity index (χ1) is 8.25. The van der Waals surface area contributed by atoms with Crippen LogP contribution in [0, 0.1) is 5.82 Å². The molecule has 0 aliphatic heterocycles. The lowest BCUT2D eigenvalue weighted by Crippen LogP contribution is -2.47. The maximum atomic E-state index is 13.5. The van der Waals surface area contributed by atoms with Crippen molar-refractivity contribution in [2.24, 2.45) is 5.84 Å². The van der Waals surface area contributed by atoms with E-state index in [0.29, 0.717) is 10.6 Å². The van der Waals surface area contributed by atoms with E-state index in [1.807, 2.05) is 0 Å². The molecule has 0 aliphatic rings. The maximum absolute atomic E-state index is 13.5. The van der Waals surface area contributed by atoms with Gasteiger partial charge in [-0.2, -0.15) is 0 Å². The van der Waals surface area contributed by atoms with E-state index in [-0.39, 0.29) is 6.42 Å². The number of sulfone groups is 1. The van der Waals surface area contributed by atoms with Crippen LogP contribution in [0.2, 0.25) is 5.02 Å². The monoisotopic (exact) mass is 294 g/mol. The first-order valence-electron chi connectivity index (χ1n) is 5.34. The molecular formula is C11H16ClFN2O2S. The first kappa shape index (κ1) is 15.4. The number of hydrogen-bond donors (Lipinski definition) is 2. The van der Waals surface area contributed by atoms with Crippen molar-refractivity contribution in [2.75, 3.05) is 6.26 Å². The molecule has 1 aromatic rings. The zero-order valence-corrected chi connectivity index (χ0v) is 11.7. The van der Waals surface area contributed by atoms with Gasteiger partial charge in [0.25, 0.3) is 0 Å². The summed E-state index contributed by atoms with van der Waals surface area (Å²) in [6.07, 6.45) is 1.27. The second-order valence-electron chi connectivity index (χ2n) is 4.25. The molecule has 0 radical (unpaired) electrons. The summed E-state index contributed by atoms with van der Waals surface area (Å²) in [5.74, 6) is 4.91. The second kappa shape index (κ2) is 5.97. The van der Waals surface area contributed by atoms with Gasteiger partial charge in [0.1, 0.15) is 5.82 Å². The molecule has 0 aromatic heterocycles. The van der Waals surface area contributed by atoms with Crippen LogP contribution in [0.4, 0.5) is 4.39 Å². The Bertz CT molecular complexity index is 522. The van der Waals surface area contributed by atoms with Gasteiger partial charge in [-0.1, -0.05) is 11.6 Å². The summed E-state index contributed by atoms with van der Waals surface area (Å²) in [7, 11) is -3.26. The molecule has 3 N–H and O–H groups in total. The average molecular weight is 295 g/mol. The van der Waals surface area contributed by atoms with E-state index in [1.165, 1.54) is 25.1 Å². The number of benzene rings is 1. The molecule has 18 heavy (non-hydrogen) atoms. The summed E-state index contributed by atoms with van der Waals surface area (Å²) in [6, 6.07) is 3.57. The van der Waals surface area contributed by atoms with Crippen molar-refractivity contribution in [2.45, 2.75) is 24.6 Å². The van der Waals surface area contributed by atoms with Crippen LogP contribution >= 0.6 is 11.6 Å². The number of halogens is 2. The van der Waals surface area contributed by atoms with E-state index >= 15 is 0 Å². The van der Waals surface area contributed by atoms with Gasteiger partial charge in [-0.15, -0.1) is 0 Å². The number of hydrogen-bond acceptors (Lipinski definition) is 4. The minimum Gasteiger partial charge on any atom is -0.271 e. The summed E-state index contributed by atoms with van der Waals surface area (Å²) in [5.41, 5.74) is 2.75. The summed E-state index contributed by atoms with van der Waals surface area (Å²) in [5, 5.41) is -0.324. The van der Waals surface area contributed by atoms with Crippen molar-refractivity contribution in [1.29, 1.82) is 0 Å². The Kier molecular flexibility index (Phi) is 5.10. The Morgan fingerprint density at radius 2 is 2.11 bits per heavy atom. The van der Waals surface area contributed by atoms with Crippen LogP contribution in [0.15, 0.2) is 18.2 Å². The van der Waals surface area contributed by atoms with Crippen LogP contribution < -0.4 is 11.3 Å². The van der Waals surface area contributed by atoms with Gasteiger partial charge in [-0.3, -0.25) is 11.3 Å². The van der Waals surface area contributed by atoms with Crippen molar-refractivity contribution in [3.63, 3.8) is 0 Å². The fraction of sp³-hybridized carbons (Fsp3) is 0.455. The molecule has 0 heterocycles. The number of nitrogens with one attached hydrogen (secondary N) is 1. The number of hydrazine groups is 1. The molecular weight excluding hydrogens is 279 g/mol. The van der Waals surface area contributed by atoms with E-state index in [9.17, 15) is 12.8 Å². The summed E-state index contributed by atoms with van der Waals surface area (Å²) >= 11 is 5.78. The second-order valence-corrected chi connectivity index (χ2v) is 7.09. The zero-order chi connectivity index (χ0) is 13.9. The van der Waals surface area contributed by atoms with Crippen LogP contribution in [-0.2, 0) is 16.3 Å². The van der Waals surface area contributed by atoms with E-state index in [0.717, 1.165) is 6.26 Å². The topological polar surface area (TPSA) is 72.2 Å². The minimum absolute atomic E-state index is 0.150. The quantitative estimate of drug-likeness (QED) is 0.634. The largest absolute Gasteiger partial charge is 0.271 e. The van der Waals surface area contributed by atoms with Crippen molar-refractivity contribution in [1.82, 2.24) is 5.43 Å². The van der Waals surface area contributed by atoms with Crippen molar-refractivity contribution >= 4 is 21.4 Å². The molecule has 0 aliphatic carbocycles. The van der Waals surface area contributed by atoms with Crippen LogP contribution in [0.25, 0.3) is 0 Å². The smallest absolute Gasteiger partial charge is 0.151 e. The van der Waals surface area contributed by atoms with Gasteiger partial charge < -0.3 is 0 Å². The lowest BCUT2D eigenvalue weighted by Gasteiger charge is -2.22. The van der Waals surface area contributed by atoms with Gasteiger partial charge in [0, 0.05) is 17.3 Å². The normalized spacial score (nSPS) is 15.4. The summed E-state index contributed by atoms with van der Waals surface area (Å²) < 4.78 is 36.5. The van der Waals surface area contributed by atoms with Gasteiger partial charge in [0.2, 0.25) is 0 Å². The molecule has 0 saturated carbocycles. The van der Waals surface area contributed by atoms with E-state index in [1.54, 1.807) is 0 Å². The highest BCUT2D eigenvalue weighted by Gasteiger charge is 2.26. The predicted molar refractivity (Wildman–Crippen MR) is 70.5 cm³/mol. The highest BCUT2D eigenvalue weighted by atomic mass is 35.5. The molecule has 2 atom stereocenters. The lowest BCUT2D eigenvalue weighted by molar-refractivity contribution is 0.484. The van der Waals surface area contributed by atoms with Crippen molar-refractivity contribution in [3.05, 3.63) is 34.6 Å². The molecule has 0 bridgehead atoms. The molecule has 4 nitrogen and oxygen atoms in total. The first-order valence-corrected chi connectivity index (χ1v) is 7.68. The number of rotatable bonds is 5. The standard InChI is InChI=1S/C11H16ClFN2O2S/c1-7(18(2,16)17)11(15-14)6-8-5-9(12)3-4-10(8)13/h3-5,7,11,15H,6,14H2,1-2H3. The maximum Gasteiger partial charge on any atom is 0.151 e. The molecule has 7 heteroatoms. The third-order valence-electron chi connectivity index (χ3n) is 2.90. The van der Waals surface area contributed by atoms with Crippen LogP contribution in [-0.4, -0.2) is 26.0 Å². The highest BCUT2D eigenvalue weighted by Crippen LogP contribution is 2.18. The van der Waals surface area contributed by atoms with Gasteiger partial charge in [-0.05, 0) is 37.1 Å². The molecule has 1 aromatic carbocycles. The average Bonchev–Trinajstić information content (AvgIpc) is 2.28. The summed E-state index contributed by atoms with van der Waals surface area (Å²) in [6.45, 7) is 1.53. The molecule has 0 saturated heterocycles. The lowest BCUT2D eigenvalue weighted by atomic mass is 10.0. The van der Waals surface area contributed by atoms with Gasteiger partial charge in [-0.25, -0.2) is 12.8 Å². The molecule has 0 fully saturated rings. The van der Waals surface area contributed by atoms with Gasteiger partial charge in [0.15, 0.2) is 9.84 Å². The Morgan fingerprint density at radius 3 is 2.61 bits per heavy atom. The third-order valence-corrected chi connectivity index (χ3v) is 4.82. The minimum atomic E-state index is -3.26.